The monoisotopic (exact) mass is 376 g/mol. The standard InChI is InChI=1S/C21H24N6O/c22-20-17-6-8-26(13-16-4-1-3-15-5-2-7-23-19(15)16)14-18(17)24-21(25-20)27-9-11-28-12-10-27/h1-5,7H,6,8-14H2,(H2,22,24,25). The Morgan fingerprint density at radius 1 is 1.04 bits per heavy atom. The van der Waals surface area contributed by atoms with E-state index in [1.807, 2.05) is 12.3 Å². The van der Waals surface area contributed by atoms with E-state index in [-0.39, 0.29) is 0 Å². The number of aromatic nitrogens is 3. The fourth-order valence-corrected chi connectivity index (χ4v) is 4.08. The molecule has 2 aliphatic heterocycles. The number of para-hydroxylation sites is 1. The van der Waals surface area contributed by atoms with Crippen LogP contribution in [0.25, 0.3) is 10.9 Å². The number of morpholine rings is 1. The lowest BCUT2D eigenvalue weighted by Gasteiger charge is -2.31. The third-order valence-corrected chi connectivity index (χ3v) is 5.57. The molecular weight excluding hydrogens is 352 g/mol. The smallest absolute Gasteiger partial charge is 0.227 e. The number of hydrogen-bond donors (Lipinski definition) is 1. The maximum atomic E-state index is 6.28. The van der Waals surface area contributed by atoms with Gasteiger partial charge in [0.05, 0.1) is 24.4 Å². The second-order valence-electron chi connectivity index (χ2n) is 7.39. The van der Waals surface area contributed by atoms with Crippen molar-refractivity contribution in [3.63, 3.8) is 0 Å². The molecule has 0 atom stereocenters. The molecule has 28 heavy (non-hydrogen) atoms. The summed E-state index contributed by atoms with van der Waals surface area (Å²) in [7, 11) is 0. The van der Waals surface area contributed by atoms with Crippen molar-refractivity contribution in [2.75, 3.05) is 43.5 Å². The first-order valence-corrected chi connectivity index (χ1v) is 9.81. The molecule has 1 fully saturated rings. The molecule has 7 heteroatoms. The second kappa shape index (κ2) is 7.33. The Kier molecular flexibility index (Phi) is 4.54. The van der Waals surface area contributed by atoms with Crippen molar-refractivity contribution < 1.29 is 4.74 Å². The third kappa shape index (κ3) is 3.27. The topological polar surface area (TPSA) is 80.4 Å². The zero-order valence-electron chi connectivity index (χ0n) is 15.8. The fraction of sp³-hybridized carbons (Fsp3) is 0.381. The van der Waals surface area contributed by atoms with Gasteiger partial charge in [0.1, 0.15) is 5.82 Å². The molecule has 0 bridgehead atoms. The highest BCUT2D eigenvalue weighted by Crippen LogP contribution is 2.26. The zero-order valence-corrected chi connectivity index (χ0v) is 15.8. The van der Waals surface area contributed by atoms with Gasteiger partial charge >= 0.3 is 0 Å². The Bertz CT molecular complexity index is 996. The van der Waals surface area contributed by atoms with Crippen molar-refractivity contribution in [2.45, 2.75) is 19.5 Å². The lowest BCUT2D eigenvalue weighted by Crippen LogP contribution is -2.38. The molecule has 0 unspecified atom stereocenters. The molecule has 2 aromatic heterocycles. The fourth-order valence-electron chi connectivity index (χ4n) is 4.08. The quantitative estimate of drug-likeness (QED) is 0.749. The Balaban J connectivity index is 1.40. The summed E-state index contributed by atoms with van der Waals surface area (Å²) in [6.45, 7) is 5.61. The van der Waals surface area contributed by atoms with Crippen molar-refractivity contribution in [1.29, 1.82) is 0 Å². The number of anilines is 2. The molecule has 0 spiro atoms. The Morgan fingerprint density at radius 2 is 1.89 bits per heavy atom. The van der Waals surface area contributed by atoms with E-state index in [4.69, 9.17) is 15.5 Å². The number of benzene rings is 1. The van der Waals surface area contributed by atoms with E-state index in [1.165, 1.54) is 10.9 Å². The van der Waals surface area contributed by atoms with Crippen LogP contribution in [0, 0.1) is 0 Å². The van der Waals surface area contributed by atoms with Gasteiger partial charge in [0.25, 0.3) is 0 Å². The first-order chi connectivity index (χ1) is 13.8. The minimum absolute atomic E-state index is 0.623. The minimum Gasteiger partial charge on any atom is -0.383 e. The zero-order chi connectivity index (χ0) is 18.9. The van der Waals surface area contributed by atoms with Gasteiger partial charge in [-0.1, -0.05) is 24.3 Å². The van der Waals surface area contributed by atoms with Crippen LogP contribution in [-0.2, 0) is 24.2 Å². The summed E-state index contributed by atoms with van der Waals surface area (Å²) in [5.74, 6) is 1.35. The van der Waals surface area contributed by atoms with Crippen molar-refractivity contribution in [3.05, 3.63) is 53.3 Å². The van der Waals surface area contributed by atoms with Gasteiger partial charge in [-0.05, 0) is 18.1 Å². The normalized spacial score (nSPS) is 17.6. The summed E-state index contributed by atoms with van der Waals surface area (Å²) < 4.78 is 5.44. The molecule has 0 saturated carbocycles. The van der Waals surface area contributed by atoms with E-state index in [0.29, 0.717) is 19.0 Å². The predicted molar refractivity (Wildman–Crippen MR) is 109 cm³/mol. The summed E-state index contributed by atoms with van der Waals surface area (Å²) in [6.07, 6.45) is 2.74. The summed E-state index contributed by atoms with van der Waals surface area (Å²) in [5, 5.41) is 1.18. The third-order valence-electron chi connectivity index (χ3n) is 5.57. The van der Waals surface area contributed by atoms with Gasteiger partial charge in [-0.3, -0.25) is 9.88 Å². The number of fused-ring (bicyclic) bond motifs is 2. The number of nitrogen functional groups attached to an aromatic ring is 1. The number of pyridine rings is 1. The maximum Gasteiger partial charge on any atom is 0.227 e. The summed E-state index contributed by atoms with van der Waals surface area (Å²) in [4.78, 5) is 18.6. The van der Waals surface area contributed by atoms with Crippen LogP contribution in [0.15, 0.2) is 36.5 Å². The number of ether oxygens (including phenoxy) is 1. The molecule has 2 aliphatic rings. The van der Waals surface area contributed by atoms with Gasteiger partial charge in [0.2, 0.25) is 5.95 Å². The lowest BCUT2D eigenvalue weighted by molar-refractivity contribution is 0.122. The average Bonchev–Trinajstić information content (AvgIpc) is 2.74. The number of nitrogens with zero attached hydrogens (tertiary/aromatic N) is 5. The van der Waals surface area contributed by atoms with Gasteiger partial charge in [-0.15, -0.1) is 0 Å². The van der Waals surface area contributed by atoms with Crippen LogP contribution in [0.5, 0.6) is 0 Å². The largest absolute Gasteiger partial charge is 0.383 e. The molecule has 4 heterocycles. The molecule has 0 radical (unpaired) electrons. The molecule has 3 aromatic rings. The van der Waals surface area contributed by atoms with Crippen LogP contribution >= 0.6 is 0 Å². The highest BCUT2D eigenvalue weighted by molar-refractivity contribution is 5.81. The molecule has 2 N–H and O–H groups in total. The van der Waals surface area contributed by atoms with Crippen LogP contribution < -0.4 is 10.6 Å². The first kappa shape index (κ1) is 17.3. The second-order valence-corrected chi connectivity index (χ2v) is 7.39. The van der Waals surface area contributed by atoms with Crippen LogP contribution in [0.4, 0.5) is 11.8 Å². The van der Waals surface area contributed by atoms with Crippen molar-refractivity contribution >= 4 is 22.7 Å². The van der Waals surface area contributed by atoms with E-state index in [2.05, 4.69) is 44.0 Å². The van der Waals surface area contributed by atoms with Crippen molar-refractivity contribution in [2.24, 2.45) is 0 Å². The van der Waals surface area contributed by atoms with Crippen LogP contribution in [0.2, 0.25) is 0 Å². The van der Waals surface area contributed by atoms with E-state index >= 15 is 0 Å². The van der Waals surface area contributed by atoms with Gasteiger partial charge in [-0.2, -0.15) is 4.98 Å². The highest BCUT2D eigenvalue weighted by atomic mass is 16.5. The molecule has 7 nitrogen and oxygen atoms in total. The summed E-state index contributed by atoms with van der Waals surface area (Å²) in [6, 6.07) is 10.5. The molecular formula is C21H24N6O. The molecule has 1 saturated heterocycles. The lowest BCUT2D eigenvalue weighted by atomic mass is 10.0. The van der Waals surface area contributed by atoms with E-state index in [1.54, 1.807) is 0 Å². The minimum atomic E-state index is 0.623. The summed E-state index contributed by atoms with van der Waals surface area (Å²) >= 11 is 0. The average molecular weight is 376 g/mol. The SMILES string of the molecule is Nc1nc(N2CCOCC2)nc2c1CCN(Cc1cccc3cccnc13)C2. The van der Waals surface area contributed by atoms with Gasteiger partial charge in [0, 0.05) is 49.9 Å². The van der Waals surface area contributed by atoms with E-state index < -0.39 is 0 Å². The predicted octanol–water partition coefficient (Wildman–Crippen LogP) is 2.00. The van der Waals surface area contributed by atoms with E-state index in [9.17, 15) is 0 Å². The molecule has 0 amide bonds. The number of rotatable bonds is 3. The van der Waals surface area contributed by atoms with Crippen LogP contribution in [0.1, 0.15) is 16.8 Å². The molecule has 5 rings (SSSR count). The first-order valence-electron chi connectivity index (χ1n) is 9.81. The Labute approximate surface area is 164 Å². The van der Waals surface area contributed by atoms with Crippen LogP contribution in [-0.4, -0.2) is 52.7 Å². The molecule has 0 aliphatic carbocycles. The highest BCUT2D eigenvalue weighted by Gasteiger charge is 2.24. The molecule has 144 valence electrons. The van der Waals surface area contributed by atoms with Crippen molar-refractivity contribution in [1.82, 2.24) is 19.9 Å². The van der Waals surface area contributed by atoms with E-state index in [0.717, 1.165) is 61.9 Å². The Hall–Kier alpha value is -2.77. The maximum absolute atomic E-state index is 6.28. The molecule has 1 aromatic carbocycles. The van der Waals surface area contributed by atoms with Crippen LogP contribution in [0.3, 0.4) is 0 Å². The summed E-state index contributed by atoms with van der Waals surface area (Å²) in [5.41, 5.74) is 10.8. The van der Waals surface area contributed by atoms with Crippen molar-refractivity contribution in [3.8, 4) is 0 Å². The number of hydrogen-bond acceptors (Lipinski definition) is 7. The number of nitrogens with two attached hydrogens (primary N) is 1. The van der Waals surface area contributed by atoms with Gasteiger partial charge < -0.3 is 15.4 Å². The Morgan fingerprint density at radius 3 is 2.79 bits per heavy atom. The van der Waals surface area contributed by atoms with Gasteiger partial charge in [0.15, 0.2) is 0 Å². The van der Waals surface area contributed by atoms with Gasteiger partial charge in [-0.25, -0.2) is 4.98 Å².